The zero-order chi connectivity index (χ0) is 25.1. The maximum Gasteiger partial charge on any atom is 0.231 e. The first-order valence-corrected chi connectivity index (χ1v) is 12.9. The Morgan fingerprint density at radius 3 is 2.64 bits per heavy atom. The lowest BCUT2D eigenvalue weighted by molar-refractivity contribution is -0.118. The largest absolute Gasteiger partial charge is 0.454 e. The smallest absolute Gasteiger partial charge is 0.231 e. The monoisotopic (exact) mass is 520 g/mol. The van der Waals surface area contributed by atoms with Crippen LogP contribution in [0.1, 0.15) is 30.9 Å². The van der Waals surface area contributed by atoms with Crippen molar-refractivity contribution in [2.24, 2.45) is 0 Å². The highest BCUT2D eigenvalue weighted by atomic mass is 35.5. The predicted octanol–water partition coefficient (Wildman–Crippen LogP) is 5.85. The van der Waals surface area contributed by atoms with Crippen LogP contribution >= 0.6 is 23.4 Å². The number of hydrogen-bond acceptors (Lipinski definition) is 6. The molecule has 1 aliphatic heterocycles. The maximum absolute atomic E-state index is 12.7. The number of thioether (sulfide) groups is 1. The van der Waals surface area contributed by atoms with Crippen molar-refractivity contribution in [3.63, 3.8) is 0 Å². The molecule has 1 N–H and O–H groups in total. The normalized spacial score (nSPS) is 12.2. The van der Waals surface area contributed by atoms with E-state index in [-0.39, 0.29) is 18.5 Å². The maximum atomic E-state index is 12.7. The summed E-state index contributed by atoms with van der Waals surface area (Å²) in [7, 11) is 0. The molecule has 5 rings (SSSR count). The van der Waals surface area contributed by atoms with Gasteiger partial charge in [-0.25, -0.2) is 0 Å². The van der Waals surface area contributed by atoms with Gasteiger partial charge in [0.2, 0.25) is 12.7 Å². The third-order valence-corrected chi connectivity index (χ3v) is 6.98. The number of amides is 1. The molecule has 4 aromatic rings. The quantitative estimate of drug-likeness (QED) is 0.294. The Morgan fingerprint density at radius 1 is 1.06 bits per heavy atom. The fraction of sp³-hybridized carbons (Fsp3) is 0.222. The van der Waals surface area contributed by atoms with Gasteiger partial charge in [0, 0.05) is 17.1 Å². The lowest BCUT2D eigenvalue weighted by atomic mass is 10.0. The van der Waals surface area contributed by atoms with Crippen LogP contribution in [0, 0.1) is 0 Å². The summed E-state index contributed by atoms with van der Waals surface area (Å²) in [4.78, 5) is 12.7. The summed E-state index contributed by atoms with van der Waals surface area (Å²) < 4.78 is 12.8. The average molecular weight is 521 g/mol. The van der Waals surface area contributed by atoms with E-state index in [1.54, 1.807) is 0 Å². The summed E-state index contributed by atoms with van der Waals surface area (Å²) in [6.45, 7) is 4.93. The summed E-state index contributed by atoms with van der Waals surface area (Å²) in [5.74, 6) is 2.51. The molecule has 7 nitrogen and oxygen atoms in total. The van der Waals surface area contributed by atoms with Gasteiger partial charge < -0.3 is 14.8 Å². The molecule has 0 fully saturated rings. The van der Waals surface area contributed by atoms with Crippen LogP contribution in [-0.4, -0.2) is 33.2 Å². The van der Waals surface area contributed by atoms with Crippen molar-refractivity contribution in [1.82, 2.24) is 20.1 Å². The summed E-state index contributed by atoms with van der Waals surface area (Å²) >= 11 is 7.46. The minimum Gasteiger partial charge on any atom is -0.454 e. The van der Waals surface area contributed by atoms with Crippen LogP contribution in [0.25, 0.3) is 17.1 Å². The van der Waals surface area contributed by atoms with Crippen LogP contribution in [-0.2, 0) is 11.3 Å². The van der Waals surface area contributed by atoms with Crippen molar-refractivity contribution in [1.29, 1.82) is 0 Å². The number of para-hydroxylation sites is 1. The van der Waals surface area contributed by atoms with Crippen molar-refractivity contribution in [3.8, 4) is 28.6 Å². The molecule has 1 aliphatic rings. The van der Waals surface area contributed by atoms with E-state index in [0.29, 0.717) is 34.2 Å². The predicted molar refractivity (Wildman–Crippen MR) is 141 cm³/mol. The van der Waals surface area contributed by atoms with Gasteiger partial charge in [0.15, 0.2) is 22.5 Å². The van der Waals surface area contributed by atoms with Crippen LogP contribution < -0.4 is 14.8 Å². The third kappa shape index (κ3) is 5.20. The minimum atomic E-state index is -0.0996. The molecule has 2 heterocycles. The van der Waals surface area contributed by atoms with E-state index in [1.807, 2.05) is 59.2 Å². The van der Waals surface area contributed by atoms with E-state index in [4.69, 9.17) is 21.1 Å². The molecule has 9 heteroatoms. The number of halogens is 1. The van der Waals surface area contributed by atoms with E-state index in [1.165, 1.54) is 17.3 Å². The molecule has 36 heavy (non-hydrogen) atoms. The summed E-state index contributed by atoms with van der Waals surface area (Å²) in [5.41, 5.74) is 3.99. The molecule has 1 aromatic heterocycles. The Hall–Kier alpha value is -3.49. The van der Waals surface area contributed by atoms with Gasteiger partial charge in [-0.05, 0) is 59.5 Å². The van der Waals surface area contributed by atoms with Crippen LogP contribution in [0.4, 0.5) is 0 Å². The van der Waals surface area contributed by atoms with Gasteiger partial charge in [0.05, 0.1) is 11.4 Å². The SMILES string of the molecule is CC(C)c1ccccc1-n1c(SCC(=O)NCc2ccc3c(c2)OCO3)nnc1-c1ccc(Cl)cc1. The molecule has 0 atom stereocenters. The standard InChI is InChI=1S/C27H25ClN4O3S/c1-17(2)21-5-3-4-6-22(21)32-26(19-8-10-20(28)11-9-19)30-31-27(32)36-15-25(33)29-14-18-7-12-23-24(13-18)35-16-34-23/h3-13,17H,14-16H2,1-2H3,(H,29,33). The first-order chi connectivity index (χ1) is 17.5. The highest BCUT2D eigenvalue weighted by molar-refractivity contribution is 7.99. The number of aromatic nitrogens is 3. The lowest BCUT2D eigenvalue weighted by Crippen LogP contribution is -2.24. The molecule has 0 saturated carbocycles. The topological polar surface area (TPSA) is 78.3 Å². The average Bonchev–Trinajstić information content (AvgIpc) is 3.53. The summed E-state index contributed by atoms with van der Waals surface area (Å²) in [5, 5.41) is 13.2. The number of ether oxygens (including phenoxy) is 2. The molecule has 1 amide bonds. The molecule has 3 aromatic carbocycles. The van der Waals surface area contributed by atoms with Gasteiger partial charge in [-0.3, -0.25) is 9.36 Å². The number of hydrogen-bond donors (Lipinski definition) is 1. The van der Waals surface area contributed by atoms with Crippen molar-refractivity contribution < 1.29 is 14.3 Å². The van der Waals surface area contributed by atoms with Gasteiger partial charge in [-0.1, -0.05) is 61.5 Å². The summed E-state index contributed by atoms with van der Waals surface area (Å²) in [6.07, 6.45) is 0. The number of carbonyl (C=O) groups is 1. The highest BCUT2D eigenvalue weighted by Crippen LogP contribution is 2.33. The van der Waals surface area contributed by atoms with Crippen LogP contribution in [0.15, 0.2) is 71.9 Å². The lowest BCUT2D eigenvalue weighted by Gasteiger charge is -2.17. The van der Waals surface area contributed by atoms with Crippen LogP contribution in [0.2, 0.25) is 5.02 Å². The Bertz CT molecular complexity index is 1390. The van der Waals surface area contributed by atoms with Gasteiger partial charge in [-0.2, -0.15) is 0 Å². The van der Waals surface area contributed by atoms with Gasteiger partial charge >= 0.3 is 0 Å². The number of nitrogens with zero attached hydrogens (tertiary/aromatic N) is 3. The van der Waals surface area contributed by atoms with Crippen molar-refractivity contribution in [2.75, 3.05) is 12.5 Å². The van der Waals surface area contributed by atoms with E-state index < -0.39 is 0 Å². The molecule has 0 aliphatic carbocycles. The Balaban J connectivity index is 1.36. The Kier molecular flexibility index (Phi) is 7.16. The van der Waals surface area contributed by atoms with Crippen LogP contribution in [0.5, 0.6) is 11.5 Å². The van der Waals surface area contributed by atoms with Crippen molar-refractivity contribution in [2.45, 2.75) is 31.5 Å². The second-order valence-corrected chi connectivity index (χ2v) is 9.99. The molecule has 184 valence electrons. The van der Waals surface area contributed by atoms with Crippen molar-refractivity contribution >= 4 is 29.3 Å². The number of carbonyl (C=O) groups excluding carboxylic acids is 1. The minimum absolute atomic E-state index is 0.0996. The molecule has 0 bridgehead atoms. The fourth-order valence-electron chi connectivity index (χ4n) is 3.98. The van der Waals surface area contributed by atoms with Gasteiger partial charge in [0.1, 0.15) is 0 Å². The van der Waals surface area contributed by atoms with Gasteiger partial charge in [-0.15, -0.1) is 10.2 Å². The zero-order valence-electron chi connectivity index (χ0n) is 19.9. The van der Waals surface area contributed by atoms with E-state index >= 15 is 0 Å². The van der Waals surface area contributed by atoms with E-state index in [9.17, 15) is 4.79 Å². The molecule has 0 saturated heterocycles. The molecule has 0 radical (unpaired) electrons. The molecular formula is C27H25ClN4O3S. The molecular weight excluding hydrogens is 496 g/mol. The first-order valence-electron chi connectivity index (χ1n) is 11.6. The molecule has 0 unspecified atom stereocenters. The van der Waals surface area contributed by atoms with E-state index in [2.05, 4.69) is 41.5 Å². The number of rotatable bonds is 8. The van der Waals surface area contributed by atoms with Gasteiger partial charge in [0.25, 0.3) is 0 Å². The molecule has 0 spiro atoms. The summed E-state index contributed by atoms with van der Waals surface area (Å²) in [6, 6.07) is 21.4. The second kappa shape index (κ2) is 10.6. The number of fused-ring (bicyclic) bond motifs is 1. The van der Waals surface area contributed by atoms with E-state index in [0.717, 1.165) is 22.6 Å². The zero-order valence-corrected chi connectivity index (χ0v) is 21.5. The number of benzene rings is 3. The fourth-order valence-corrected chi connectivity index (χ4v) is 4.88. The Labute approximate surface area is 218 Å². The second-order valence-electron chi connectivity index (χ2n) is 8.62. The Morgan fingerprint density at radius 2 is 1.83 bits per heavy atom. The van der Waals surface area contributed by atoms with Crippen LogP contribution in [0.3, 0.4) is 0 Å². The number of nitrogens with one attached hydrogen (secondary N) is 1. The first kappa shape index (κ1) is 24.2. The highest BCUT2D eigenvalue weighted by Gasteiger charge is 2.20. The van der Waals surface area contributed by atoms with Crippen molar-refractivity contribution in [3.05, 3.63) is 82.9 Å². The third-order valence-electron chi connectivity index (χ3n) is 5.79.